The van der Waals surface area contributed by atoms with E-state index in [2.05, 4.69) is 50.0 Å². The fourth-order valence-electron chi connectivity index (χ4n) is 2.50. The number of hydrogen-bond acceptors (Lipinski definition) is 3. The summed E-state index contributed by atoms with van der Waals surface area (Å²) in [5.41, 5.74) is 1.72. The van der Waals surface area contributed by atoms with Gasteiger partial charge in [0.15, 0.2) is 0 Å². The van der Waals surface area contributed by atoms with Crippen molar-refractivity contribution in [3.63, 3.8) is 0 Å². The van der Waals surface area contributed by atoms with Crippen LogP contribution in [0.15, 0.2) is 24.3 Å². The molecule has 106 valence electrons. The van der Waals surface area contributed by atoms with Crippen LogP contribution in [0.2, 0.25) is 0 Å². The first-order valence-electron chi connectivity index (χ1n) is 7.00. The molecule has 1 aliphatic rings. The fraction of sp³-hybridized carbons (Fsp3) is 0.625. The number of hydrogen-bond donors (Lipinski definition) is 1. The van der Waals surface area contributed by atoms with Gasteiger partial charge in [-0.3, -0.25) is 0 Å². The van der Waals surface area contributed by atoms with E-state index in [1.165, 1.54) is 23.5 Å². The van der Waals surface area contributed by atoms with Crippen molar-refractivity contribution in [1.29, 1.82) is 0 Å². The van der Waals surface area contributed by atoms with Gasteiger partial charge in [0.1, 0.15) is 5.75 Å². The number of rotatable bonds is 4. The smallest absolute Gasteiger partial charge is 0.118 e. The van der Waals surface area contributed by atoms with Gasteiger partial charge in [-0.2, -0.15) is 11.8 Å². The number of ether oxygens (including phenoxy) is 1. The van der Waals surface area contributed by atoms with E-state index in [9.17, 15) is 0 Å². The third-order valence-electron chi connectivity index (χ3n) is 4.19. The zero-order valence-corrected chi connectivity index (χ0v) is 13.2. The second-order valence-corrected chi connectivity index (χ2v) is 7.18. The molecule has 0 saturated carbocycles. The zero-order chi connectivity index (χ0) is 13.9. The number of benzene rings is 1. The monoisotopic (exact) mass is 279 g/mol. The zero-order valence-electron chi connectivity index (χ0n) is 12.4. The number of nitrogens with one attached hydrogen (secondary N) is 1. The van der Waals surface area contributed by atoms with E-state index in [1.807, 2.05) is 12.1 Å². The lowest BCUT2D eigenvalue weighted by atomic mass is 9.81. The van der Waals surface area contributed by atoms with E-state index in [4.69, 9.17) is 4.74 Å². The Morgan fingerprint density at radius 3 is 2.58 bits per heavy atom. The molecule has 2 atom stereocenters. The predicted octanol–water partition coefficient (Wildman–Crippen LogP) is 3.88. The van der Waals surface area contributed by atoms with Gasteiger partial charge in [-0.15, -0.1) is 0 Å². The summed E-state index contributed by atoms with van der Waals surface area (Å²) in [6.07, 6.45) is 1.30. The number of thioether (sulfide) groups is 1. The van der Waals surface area contributed by atoms with Crippen LogP contribution in [0, 0.1) is 5.41 Å². The maximum atomic E-state index is 5.21. The third kappa shape index (κ3) is 3.67. The Hall–Kier alpha value is -0.670. The van der Waals surface area contributed by atoms with Gasteiger partial charge in [0.2, 0.25) is 0 Å². The van der Waals surface area contributed by atoms with Gasteiger partial charge < -0.3 is 10.1 Å². The molecule has 1 unspecified atom stereocenters. The van der Waals surface area contributed by atoms with Gasteiger partial charge in [-0.25, -0.2) is 0 Å². The van der Waals surface area contributed by atoms with Crippen molar-refractivity contribution >= 4 is 11.8 Å². The van der Waals surface area contributed by atoms with Gasteiger partial charge in [0, 0.05) is 17.8 Å². The Balaban J connectivity index is 2.01. The van der Waals surface area contributed by atoms with E-state index >= 15 is 0 Å². The molecule has 1 aliphatic heterocycles. The van der Waals surface area contributed by atoms with Gasteiger partial charge >= 0.3 is 0 Å². The molecule has 0 aliphatic carbocycles. The van der Waals surface area contributed by atoms with E-state index < -0.39 is 0 Å². The summed E-state index contributed by atoms with van der Waals surface area (Å²) in [5.74, 6) is 3.43. The molecule has 3 heteroatoms. The molecule has 1 saturated heterocycles. The molecule has 0 bridgehead atoms. The summed E-state index contributed by atoms with van der Waals surface area (Å²) in [6.45, 7) is 7.01. The maximum Gasteiger partial charge on any atom is 0.118 e. The van der Waals surface area contributed by atoms with Crippen LogP contribution >= 0.6 is 11.8 Å². The minimum Gasteiger partial charge on any atom is -0.497 e. The Labute approximate surface area is 121 Å². The molecule has 1 N–H and O–H groups in total. The van der Waals surface area contributed by atoms with Crippen molar-refractivity contribution in [3.05, 3.63) is 29.8 Å². The van der Waals surface area contributed by atoms with Crippen molar-refractivity contribution < 1.29 is 4.74 Å². The summed E-state index contributed by atoms with van der Waals surface area (Å²) in [7, 11) is 1.71. The van der Waals surface area contributed by atoms with Crippen LogP contribution in [0.3, 0.4) is 0 Å². The van der Waals surface area contributed by atoms with Crippen molar-refractivity contribution in [2.24, 2.45) is 5.41 Å². The minimum absolute atomic E-state index is 0.383. The second kappa shape index (κ2) is 6.19. The van der Waals surface area contributed by atoms with Crippen molar-refractivity contribution in [1.82, 2.24) is 5.32 Å². The molecule has 2 rings (SSSR count). The van der Waals surface area contributed by atoms with Gasteiger partial charge in [0.25, 0.3) is 0 Å². The highest BCUT2D eigenvalue weighted by Crippen LogP contribution is 2.35. The highest BCUT2D eigenvalue weighted by atomic mass is 32.2. The normalized spacial score (nSPS) is 23.9. The Morgan fingerprint density at radius 2 is 2.00 bits per heavy atom. The summed E-state index contributed by atoms with van der Waals surface area (Å²) in [4.78, 5) is 0. The first-order chi connectivity index (χ1) is 9.03. The minimum atomic E-state index is 0.383. The highest BCUT2D eigenvalue weighted by molar-refractivity contribution is 7.99. The quantitative estimate of drug-likeness (QED) is 0.904. The molecular formula is C16H25NOS. The lowest BCUT2D eigenvalue weighted by Gasteiger charge is -2.40. The molecule has 2 nitrogen and oxygen atoms in total. The summed E-state index contributed by atoms with van der Waals surface area (Å²) in [5, 5.41) is 3.80. The highest BCUT2D eigenvalue weighted by Gasteiger charge is 2.33. The lowest BCUT2D eigenvalue weighted by Crippen LogP contribution is -2.47. The number of methoxy groups -OCH3 is 1. The standard InChI is InChI=1S/C16H25NOS/c1-12(13-5-7-14(18-4)8-6-13)17-15-11-19-10-9-16(15,2)3/h5-8,12,15,17H,9-11H2,1-4H3/t12-,15?/m1/s1. The summed E-state index contributed by atoms with van der Waals surface area (Å²) in [6, 6.07) is 9.35. The summed E-state index contributed by atoms with van der Waals surface area (Å²) < 4.78 is 5.21. The van der Waals surface area contributed by atoms with Crippen LogP contribution in [0.1, 0.15) is 38.8 Å². The Morgan fingerprint density at radius 1 is 1.32 bits per heavy atom. The van der Waals surface area contributed by atoms with Crippen LogP contribution < -0.4 is 10.1 Å². The molecular weight excluding hydrogens is 254 g/mol. The average molecular weight is 279 g/mol. The fourth-order valence-corrected chi connectivity index (χ4v) is 4.12. The van der Waals surface area contributed by atoms with Crippen molar-refractivity contribution in [3.8, 4) is 5.75 Å². The van der Waals surface area contributed by atoms with Crippen LogP contribution in [0.5, 0.6) is 5.75 Å². The topological polar surface area (TPSA) is 21.3 Å². The van der Waals surface area contributed by atoms with Crippen LogP contribution in [-0.2, 0) is 0 Å². The molecule has 1 heterocycles. The third-order valence-corrected chi connectivity index (χ3v) is 5.25. The largest absolute Gasteiger partial charge is 0.497 e. The molecule has 1 fully saturated rings. The van der Waals surface area contributed by atoms with Crippen LogP contribution in [0.25, 0.3) is 0 Å². The maximum absolute atomic E-state index is 5.21. The SMILES string of the molecule is COc1ccc([C@@H](C)NC2CSCCC2(C)C)cc1. The molecule has 0 radical (unpaired) electrons. The van der Waals surface area contributed by atoms with Crippen molar-refractivity contribution in [2.75, 3.05) is 18.6 Å². The van der Waals surface area contributed by atoms with Crippen LogP contribution in [0.4, 0.5) is 0 Å². The van der Waals surface area contributed by atoms with Gasteiger partial charge in [-0.05, 0) is 42.2 Å². The van der Waals surface area contributed by atoms with E-state index in [-0.39, 0.29) is 0 Å². The Kier molecular flexibility index (Phi) is 4.80. The summed E-state index contributed by atoms with van der Waals surface area (Å²) >= 11 is 2.07. The van der Waals surface area contributed by atoms with E-state index in [0.29, 0.717) is 17.5 Å². The predicted molar refractivity (Wildman–Crippen MR) is 84.1 cm³/mol. The van der Waals surface area contributed by atoms with Crippen molar-refractivity contribution in [2.45, 2.75) is 39.3 Å². The first-order valence-corrected chi connectivity index (χ1v) is 8.16. The van der Waals surface area contributed by atoms with Gasteiger partial charge in [-0.1, -0.05) is 26.0 Å². The molecule has 19 heavy (non-hydrogen) atoms. The molecule has 1 aromatic carbocycles. The second-order valence-electron chi connectivity index (χ2n) is 6.03. The van der Waals surface area contributed by atoms with E-state index in [1.54, 1.807) is 7.11 Å². The van der Waals surface area contributed by atoms with Gasteiger partial charge in [0.05, 0.1) is 7.11 Å². The molecule has 0 spiro atoms. The lowest BCUT2D eigenvalue weighted by molar-refractivity contribution is 0.232. The van der Waals surface area contributed by atoms with E-state index in [0.717, 1.165) is 5.75 Å². The average Bonchev–Trinajstić information content (AvgIpc) is 2.41. The first kappa shape index (κ1) is 14.7. The molecule has 1 aromatic rings. The van der Waals surface area contributed by atoms with Crippen LogP contribution in [-0.4, -0.2) is 24.7 Å². The molecule has 0 aromatic heterocycles. The molecule has 0 amide bonds. The Bertz CT molecular complexity index is 402.